The average molecular weight is 697 g/mol. The lowest BCUT2D eigenvalue weighted by molar-refractivity contribution is 1.16. The molecule has 0 spiro atoms. The third-order valence-corrected chi connectivity index (χ3v) is 11.8. The highest BCUT2D eigenvalue weighted by atomic mass is 15.0. The highest BCUT2D eigenvalue weighted by Gasteiger charge is 2.31. The van der Waals surface area contributed by atoms with Crippen LogP contribution in [-0.4, -0.2) is 9.55 Å². The van der Waals surface area contributed by atoms with Crippen LogP contribution in [0.5, 0.6) is 0 Å². The van der Waals surface area contributed by atoms with Crippen molar-refractivity contribution in [2.75, 3.05) is 0 Å². The second-order valence-electron chi connectivity index (χ2n) is 14.6. The van der Waals surface area contributed by atoms with Gasteiger partial charge in [-0.25, -0.2) is 0 Å². The van der Waals surface area contributed by atoms with Gasteiger partial charge in [-0.15, -0.1) is 0 Å². The summed E-state index contributed by atoms with van der Waals surface area (Å²) in [7, 11) is 0. The summed E-state index contributed by atoms with van der Waals surface area (Å²) in [6.45, 7) is 0. The van der Waals surface area contributed by atoms with Gasteiger partial charge in [0.25, 0.3) is 0 Å². The second-order valence-corrected chi connectivity index (χ2v) is 14.6. The quantitative estimate of drug-likeness (QED) is 0.179. The van der Waals surface area contributed by atoms with Crippen molar-refractivity contribution in [3.05, 3.63) is 194 Å². The van der Waals surface area contributed by atoms with Gasteiger partial charge in [0.05, 0.1) is 11.0 Å². The first-order valence-electron chi connectivity index (χ1n) is 19.0. The maximum Gasteiger partial charge on any atom is 0.0619 e. The molecular weight excluding hydrogens is 665 g/mol. The summed E-state index contributed by atoms with van der Waals surface area (Å²) in [6, 6.07) is 67.1. The predicted octanol–water partition coefficient (Wildman–Crippen LogP) is 14.3. The molecule has 0 saturated heterocycles. The first-order chi connectivity index (χ1) is 27.3. The molecule has 9 aromatic carbocycles. The van der Waals surface area contributed by atoms with E-state index in [1.807, 2.05) is 12.4 Å². The predicted molar refractivity (Wildman–Crippen MR) is 232 cm³/mol. The van der Waals surface area contributed by atoms with Gasteiger partial charge in [0.2, 0.25) is 0 Å². The van der Waals surface area contributed by atoms with E-state index in [2.05, 4.69) is 192 Å². The Hall–Kier alpha value is -7.29. The molecule has 12 rings (SSSR count). The molecule has 2 heteroatoms. The molecule has 0 bridgehead atoms. The third-order valence-electron chi connectivity index (χ3n) is 11.8. The lowest BCUT2D eigenvalue weighted by Crippen LogP contribution is -1.95. The minimum absolute atomic E-state index is 1.11. The number of aromatic nitrogens is 2. The number of para-hydroxylation sites is 1. The fourth-order valence-corrected chi connectivity index (χ4v) is 9.65. The van der Waals surface area contributed by atoms with E-state index < -0.39 is 0 Å². The van der Waals surface area contributed by atoms with E-state index in [0.29, 0.717) is 0 Å². The summed E-state index contributed by atoms with van der Waals surface area (Å²) in [5.74, 6) is 0. The van der Waals surface area contributed by atoms with Crippen molar-refractivity contribution in [1.82, 2.24) is 9.55 Å². The van der Waals surface area contributed by atoms with E-state index >= 15 is 0 Å². The van der Waals surface area contributed by atoms with Crippen molar-refractivity contribution < 1.29 is 0 Å². The maximum atomic E-state index is 4.34. The molecule has 0 unspecified atom stereocenters. The van der Waals surface area contributed by atoms with Gasteiger partial charge >= 0.3 is 0 Å². The second kappa shape index (κ2) is 11.6. The van der Waals surface area contributed by atoms with E-state index in [4.69, 9.17) is 0 Å². The van der Waals surface area contributed by atoms with Crippen LogP contribution >= 0.6 is 0 Å². The van der Waals surface area contributed by atoms with Gasteiger partial charge in [0.1, 0.15) is 0 Å². The maximum absolute atomic E-state index is 4.34. The molecule has 0 N–H and O–H groups in total. The lowest BCUT2D eigenvalue weighted by Gasteiger charge is -2.20. The van der Waals surface area contributed by atoms with Crippen LogP contribution in [0.15, 0.2) is 194 Å². The highest BCUT2D eigenvalue weighted by molar-refractivity contribution is 6.30. The zero-order valence-corrected chi connectivity index (χ0v) is 29.9. The Morgan fingerprint density at radius 3 is 1.53 bits per heavy atom. The van der Waals surface area contributed by atoms with Gasteiger partial charge in [0.15, 0.2) is 0 Å². The summed E-state index contributed by atoms with van der Waals surface area (Å²) in [4.78, 5) is 4.34. The Balaban J connectivity index is 1.21. The molecule has 0 saturated carbocycles. The largest absolute Gasteiger partial charge is 0.309 e. The van der Waals surface area contributed by atoms with Crippen LogP contribution in [0.25, 0.3) is 115 Å². The van der Waals surface area contributed by atoms with Crippen molar-refractivity contribution >= 4 is 54.1 Å². The van der Waals surface area contributed by atoms with Crippen LogP contribution in [0, 0.1) is 0 Å². The van der Waals surface area contributed by atoms with E-state index in [9.17, 15) is 0 Å². The highest BCUT2D eigenvalue weighted by Crippen LogP contribution is 2.58. The smallest absolute Gasteiger partial charge is 0.0619 e. The number of fused-ring (bicyclic) bond motifs is 9. The van der Waals surface area contributed by atoms with Gasteiger partial charge in [-0.1, -0.05) is 158 Å². The zero-order valence-electron chi connectivity index (χ0n) is 29.9. The summed E-state index contributed by atoms with van der Waals surface area (Å²) in [5.41, 5.74) is 16.3. The molecule has 11 aromatic rings. The molecule has 2 aromatic heterocycles. The molecule has 2 heterocycles. The number of rotatable bonds is 4. The van der Waals surface area contributed by atoms with Crippen molar-refractivity contribution in [3.8, 4) is 61.3 Å². The molecule has 0 fully saturated rings. The Kier molecular flexibility index (Phi) is 6.37. The van der Waals surface area contributed by atoms with Crippen LogP contribution in [0.3, 0.4) is 0 Å². The molecule has 55 heavy (non-hydrogen) atoms. The summed E-state index contributed by atoms with van der Waals surface area (Å²) in [5, 5.41) is 10.1. The lowest BCUT2D eigenvalue weighted by atomic mass is 9.82. The average Bonchev–Trinajstić information content (AvgIpc) is 3.77. The van der Waals surface area contributed by atoms with Crippen molar-refractivity contribution in [2.24, 2.45) is 0 Å². The van der Waals surface area contributed by atoms with Crippen molar-refractivity contribution in [1.29, 1.82) is 0 Å². The summed E-state index contributed by atoms with van der Waals surface area (Å²) in [6.07, 6.45) is 3.76. The van der Waals surface area contributed by atoms with Gasteiger partial charge in [-0.2, -0.15) is 0 Å². The minimum Gasteiger partial charge on any atom is -0.309 e. The molecular formula is C53H32N2. The van der Waals surface area contributed by atoms with E-state index in [1.165, 1.54) is 110 Å². The number of benzene rings is 9. The fourth-order valence-electron chi connectivity index (χ4n) is 9.65. The molecule has 2 nitrogen and oxygen atoms in total. The SMILES string of the molecule is c1ccc(-c2c3c(c(-c4ccccc4)c4ccccc24)-c2ccc(-c4cc5c6ccccc6n(-c6ccncc6)c5c5ccccc45)c4cccc-3c24)cc1. The van der Waals surface area contributed by atoms with Gasteiger partial charge in [0, 0.05) is 34.2 Å². The minimum atomic E-state index is 1.11. The first kappa shape index (κ1) is 30.2. The van der Waals surface area contributed by atoms with Crippen LogP contribution in [-0.2, 0) is 0 Å². The Bertz CT molecular complexity index is 3250. The van der Waals surface area contributed by atoms with E-state index in [-0.39, 0.29) is 0 Å². The third kappa shape index (κ3) is 4.22. The Morgan fingerprint density at radius 1 is 0.327 bits per heavy atom. The van der Waals surface area contributed by atoms with Crippen LogP contribution in [0.2, 0.25) is 0 Å². The number of pyridine rings is 1. The summed E-state index contributed by atoms with van der Waals surface area (Å²) >= 11 is 0. The first-order valence-corrected chi connectivity index (χ1v) is 19.0. The van der Waals surface area contributed by atoms with Gasteiger partial charge in [-0.3, -0.25) is 4.98 Å². The Morgan fingerprint density at radius 2 is 0.855 bits per heavy atom. The number of nitrogens with zero attached hydrogens (tertiary/aromatic N) is 2. The standard InChI is InChI=1S/C53H32N2/c1-3-14-33(15-4-1)48-40-20-8-9-21-41(40)49(34-16-5-2-6-17-34)52-44-27-26-37(39-23-13-24-43(50(39)44)51(48)52)45-32-46-38-19-11-12-25-47(38)55(35-28-30-54-31-29-35)53(46)42-22-10-7-18-36(42)45/h1-32H. The summed E-state index contributed by atoms with van der Waals surface area (Å²) < 4.78 is 2.41. The molecule has 0 aliphatic heterocycles. The molecule has 1 aliphatic rings. The van der Waals surface area contributed by atoms with E-state index in [1.54, 1.807) is 0 Å². The van der Waals surface area contributed by atoms with E-state index in [0.717, 1.165) is 5.69 Å². The zero-order chi connectivity index (χ0) is 36.0. The molecule has 1 aliphatic carbocycles. The number of hydrogen-bond donors (Lipinski definition) is 0. The monoisotopic (exact) mass is 696 g/mol. The number of hydrogen-bond acceptors (Lipinski definition) is 1. The van der Waals surface area contributed by atoms with Crippen LogP contribution in [0.4, 0.5) is 0 Å². The van der Waals surface area contributed by atoms with Crippen LogP contribution in [0.1, 0.15) is 0 Å². The normalized spacial score (nSPS) is 12.0. The fraction of sp³-hybridized carbons (Fsp3) is 0. The van der Waals surface area contributed by atoms with Crippen molar-refractivity contribution in [2.45, 2.75) is 0 Å². The molecule has 254 valence electrons. The van der Waals surface area contributed by atoms with Gasteiger partial charge < -0.3 is 4.57 Å². The van der Waals surface area contributed by atoms with Gasteiger partial charge in [-0.05, 0) is 107 Å². The van der Waals surface area contributed by atoms with Crippen LogP contribution < -0.4 is 0 Å². The van der Waals surface area contributed by atoms with Crippen molar-refractivity contribution in [3.63, 3.8) is 0 Å². The molecule has 0 amide bonds. The topological polar surface area (TPSA) is 17.8 Å². The molecule has 0 radical (unpaired) electrons. The Labute approximate surface area is 318 Å². The molecule has 0 atom stereocenters.